The maximum Gasteiger partial charge on any atom is 0.276 e. The molecule has 0 fully saturated rings. The van der Waals surface area contributed by atoms with Crippen molar-refractivity contribution >= 4 is 11.4 Å². The first kappa shape index (κ1) is 15.7. The topological polar surface area (TPSA) is 147 Å². The van der Waals surface area contributed by atoms with Crippen molar-refractivity contribution in [2.45, 2.75) is 0 Å². The van der Waals surface area contributed by atoms with Gasteiger partial charge in [-0.15, -0.1) is 0 Å². The van der Waals surface area contributed by atoms with Crippen LogP contribution < -0.4 is 0 Å². The number of non-ortho nitro benzene ring substituents is 2. The lowest BCUT2D eigenvalue weighted by atomic mass is 10.3. The number of nitro benzene ring substituents is 2. The zero-order chi connectivity index (χ0) is 16.0. The van der Waals surface area contributed by atoms with Crippen molar-refractivity contribution < 1.29 is 25.2 Å². The largest absolute Gasteiger partial charge is 0.504 e. The van der Waals surface area contributed by atoms with Crippen molar-refractivity contribution in [3.63, 3.8) is 0 Å². The zero-order valence-electron chi connectivity index (χ0n) is 10.4. The first-order chi connectivity index (χ1) is 9.82. The molecule has 0 radical (unpaired) electrons. The highest BCUT2D eigenvalue weighted by atomic mass is 16.6. The zero-order valence-corrected chi connectivity index (χ0v) is 10.4. The van der Waals surface area contributed by atoms with Crippen LogP contribution in [0.15, 0.2) is 42.5 Å². The van der Waals surface area contributed by atoms with E-state index in [9.17, 15) is 20.2 Å². The van der Waals surface area contributed by atoms with Crippen LogP contribution in [0.25, 0.3) is 0 Å². The Morgan fingerprint density at radius 3 is 1.48 bits per heavy atom. The number of nitro groups is 2. The lowest BCUT2D eigenvalue weighted by Gasteiger charge is -1.96. The van der Waals surface area contributed by atoms with Gasteiger partial charge in [-0.3, -0.25) is 20.2 Å². The highest BCUT2D eigenvalue weighted by Gasteiger charge is 2.11. The molecule has 2 aromatic carbocycles. The number of rotatable bonds is 2. The van der Waals surface area contributed by atoms with Crippen LogP contribution >= 0.6 is 0 Å². The molecule has 0 aliphatic carbocycles. The summed E-state index contributed by atoms with van der Waals surface area (Å²) in [7, 11) is 0. The van der Waals surface area contributed by atoms with Gasteiger partial charge in [-0.05, 0) is 18.2 Å². The summed E-state index contributed by atoms with van der Waals surface area (Å²) in [6.45, 7) is 0. The second kappa shape index (κ2) is 6.70. The highest BCUT2D eigenvalue weighted by molar-refractivity contribution is 5.47. The van der Waals surface area contributed by atoms with E-state index in [1.807, 2.05) is 0 Å². The standard InChI is InChI=1S/C6H4N2O4.C6H6O3/c9-7(10)5-2-1-3-6(4-5)8(11)12;7-4-2-1-3-5(8)6(4)9/h1-4H;1-3,7-9H. The van der Waals surface area contributed by atoms with Gasteiger partial charge in [-0.1, -0.05) is 6.07 Å². The molecule has 0 aliphatic rings. The van der Waals surface area contributed by atoms with Crippen LogP contribution in [-0.4, -0.2) is 25.2 Å². The Kier molecular flexibility index (Phi) is 5.01. The molecule has 2 rings (SSSR count). The van der Waals surface area contributed by atoms with Crippen LogP contribution in [-0.2, 0) is 0 Å². The fourth-order valence-electron chi connectivity index (χ4n) is 1.24. The number of nitrogens with zero attached hydrogens (tertiary/aromatic N) is 2. The van der Waals surface area contributed by atoms with E-state index in [-0.39, 0.29) is 22.9 Å². The fourth-order valence-corrected chi connectivity index (χ4v) is 1.24. The Balaban J connectivity index is 0.000000219. The van der Waals surface area contributed by atoms with E-state index < -0.39 is 15.6 Å². The summed E-state index contributed by atoms with van der Waals surface area (Å²) >= 11 is 0. The van der Waals surface area contributed by atoms with Crippen molar-refractivity contribution in [1.82, 2.24) is 0 Å². The summed E-state index contributed by atoms with van der Waals surface area (Å²) in [5.41, 5.74) is -0.548. The smallest absolute Gasteiger partial charge is 0.276 e. The van der Waals surface area contributed by atoms with E-state index in [2.05, 4.69) is 0 Å². The maximum absolute atomic E-state index is 10.2. The van der Waals surface area contributed by atoms with Crippen LogP contribution in [0.4, 0.5) is 11.4 Å². The second-order valence-electron chi connectivity index (χ2n) is 3.68. The molecule has 0 spiro atoms. The van der Waals surface area contributed by atoms with Crippen molar-refractivity contribution in [3.8, 4) is 17.2 Å². The number of aromatic hydroxyl groups is 3. The molecule has 0 unspecified atom stereocenters. The van der Waals surface area contributed by atoms with Crippen molar-refractivity contribution in [3.05, 3.63) is 62.7 Å². The molecule has 0 aliphatic heterocycles. The Bertz CT molecular complexity index is 623. The SMILES string of the molecule is O=[N+]([O-])c1cccc([N+](=O)[O-])c1.Oc1cccc(O)c1O. The summed E-state index contributed by atoms with van der Waals surface area (Å²) < 4.78 is 0. The summed E-state index contributed by atoms with van der Waals surface area (Å²) in [5.74, 6) is -1.09. The van der Waals surface area contributed by atoms with Crippen LogP contribution in [0.5, 0.6) is 17.2 Å². The third-order valence-corrected chi connectivity index (χ3v) is 2.24. The van der Waals surface area contributed by atoms with Crippen LogP contribution in [0.2, 0.25) is 0 Å². The average Bonchev–Trinajstić information content (AvgIpc) is 2.45. The van der Waals surface area contributed by atoms with Gasteiger partial charge in [0.05, 0.1) is 15.9 Å². The predicted molar refractivity (Wildman–Crippen MR) is 71.2 cm³/mol. The third kappa shape index (κ3) is 4.35. The van der Waals surface area contributed by atoms with Gasteiger partial charge in [0, 0.05) is 12.1 Å². The highest BCUT2D eigenvalue weighted by Crippen LogP contribution is 2.32. The molecule has 0 amide bonds. The van der Waals surface area contributed by atoms with Gasteiger partial charge in [-0.2, -0.15) is 0 Å². The molecular weight excluding hydrogens is 284 g/mol. The number of hydrogen-bond acceptors (Lipinski definition) is 7. The minimum absolute atomic E-state index is 0.274. The summed E-state index contributed by atoms with van der Waals surface area (Å²) in [5, 5.41) is 46.4. The van der Waals surface area contributed by atoms with E-state index in [4.69, 9.17) is 15.3 Å². The summed E-state index contributed by atoms with van der Waals surface area (Å²) in [4.78, 5) is 19.0. The summed E-state index contributed by atoms with van der Waals surface area (Å²) in [6.07, 6.45) is 0. The Morgan fingerprint density at radius 2 is 1.14 bits per heavy atom. The molecule has 110 valence electrons. The van der Waals surface area contributed by atoms with Gasteiger partial charge in [0.1, 0.15) is 0 Å². The number of hydrogen-bond donors (Lipinski definition) is 3. The van der Waals surface area contributed by atoms with Gasteiger partial charge in [0.2, 0.25) is 0 Å². The normalized spacial score (nSPS) is 9.33. The van der Waals surface area contributed by atoms with Crippen LogP contribution in [0.1, 0.15) is 0 Å². The molecule has 0 saturated carbocycles. The van der Waals surface area contributed by atoms with Crippen LogP contribution in [0.3, 0.4) is 0 Å². The van der Waals surface area contributed by atoms with E-state index in [0.717, 1.165) is 6.07 Å². The van der Waals surface area contributed by atoms with Crippen molar-refractivity contribution in [2.24, 2.45) is 0 Å². The molecule has 0 heterocycles. The molecule has 21 heavy (non-hydrogen) atoms. The summed E-state index contributed by atoms with van der Waals surface area (Å²) in [6, 6.07) is 8.60. The number of para-hydroxylation sites is 1. The lowest BCUT2D eigenvalue weighted by molar-refractivity contribution is -0.394. The van der Waals surface area contributed by atoms with Crippen LogP contribution in [0, 0.1) is 20.2 Å². The number of phenolic OH excluding ortho intramolecular Hbond substituents is 3. The third-order valence-electron chi connectivity index (χ3n) is 2.24. The van der Waals surface area contributed by atoms with E-state index in [1.54, 1.807) is 0 Å². The van der Waals surface area contributed by atoms with E-state index in [1.165, 1.54) is 36.4 Å². The predicted octanol–water partition coefficient (Wildman–Crippen LogP) is 2.31. The lowest BCUT2D eigenvalue weighted by Crippen LogP contribution is -1.91. The molecule has 0 bridgehead atoms. The Labute approximate surface area is 117 Å². The molecular formula is C12H10N2O7. The second-order valence-corrected chi connectivity index (χ2v) is 3.68. The van der Waals surface area contributed by atoms with Gasteiger partial charge in [0.15, 0.2) is 17.2 Å². The Hall–Kier alpha value is -3.36. The first-order valence-electron chi connectivity index (χ1n) is 5.41. The van der Waals surface area contributed by atoms with E-state index in [0.29, 0.717) is 0 Å². The number of phenols is 3. The number of benzene rings is 2. The van der Waals surface area contributed by atoms with Crippen molar-refractivity contribution in [1.29, 1.82) is 0 Å². The Morgan fingerprint density at radius 1 is 0.762 bits per heavy atom. The molecule has 2 aromatic rings. The van der Waals surface area contributed by atoms with E-state index >= 15 is 0 Å². The molecule has 9 heteroatoms. The minimum atomic E-state index is -0.674. The van der Waals surface area contributed by atoms with Gasteiger partial charge < -0.3 is 15.3 Å². The molecule has 0 saturated heterocycles. The molecule has 3 N–H and O–H groups in total. The molecule has 9 nitrogen and oxygen atoms in total. The first-order valence-corrected chi connectivity index (χ1v) is 5.41. The minimum Gasteiger partial charge on any atom is -0.504 e. The van der Waals surface area contributed by atoms with Gasteiger partial charge in [0.25, 0.3) is 11.4 Å². The molecule has 0 aromatic heterocycles. The van der Waals surface area contributed by atoms with Gasteiger partial charge >= 0.3 is 0 Å². The molecule has 0 atom stereocenters. The monoisotopic (exact) mass is 294 g/mol. The fraction of sp³-hybridized carbons (Fsp3) is 0. The quantitative estimate of drug-likeness (QED) is 0.437. The van der Waals surface area contributed by atoms with Crippen molar-refractivity contribution in [2.75, 3.05) is 0 Å². The maximum atomic E-state index is 10.2. The average molecular weight is 294 g/mol. The van der Waals surface area contributed by atoms with Gasteiger partial charge in [-0.25, -0.2) is 0 Å².